The van der Waals surface area contributed by atoms with E-state index in [4.69, 9.17) is 0 Å². The van der Waals surface area contributed by atoms with Crippen LogP contribution in [0.25, 0.3) is 0 Å². The highest BCUT2D eigenvalue weighted by Crippen LogP contribution is 2.06. The number of nitrogens with zero attached hydrogens (tertiary/aromatic N) is 1. The van der Waals surface area contributed by atoms with Crippen molar-refractivity contribution in [2.45, 2.75) is 18.8 Å². The molecule has 1 amide bonds. The molecule has 1 heterocycles. The molecule has 0 radical (unpaired) electrons. The second-order valence-electron chi connectivity index (χ2n) is 2.32. The van der Waals surface area contributed by atoms with Crippen LogP contribution < -0.4 is 5.32 Å². The van der Waals surface area contributed by atoms with E-state index < -0.39 is 0 Å². The molecule has 0 aromatic carbocycles. The maximum absolute atomic E-state index is 10.7. The van der Waals surface area contributed by atoms with Gasteiger partial charge in [-0.15, -0.1) is 12.6 Å². The standard InChI is InChI=1S/C6H12N2OS/c1-2-8-4-3-5(9)7-6(8)10/h6,10H,2-4H2,1H3,(H,7,9). The van der Waals surface area contributed by atoms with Gasteiger partial charge >= 0.3 is 0 Å². The smallest absolute Gasteiger partial charge is 0.223 e. The summed E-state index contributed by atoms with van der Waals surface area (Å²) in [6, 6.07) is 0. The van der Waals surface area contributed by atoms with Crippen molar-refractivity contribution in [1.29, 1.82) is 0 Å². The van der Waals surface area contributed by atoms with E-state index >= 15 is 0 Å². The van der Waals surface area contributed by atoms with Crippen LogP contribution in [-0.2, 0) is 4.79 Å². The van der Waals surface area contributed by atoms with Crippen molar-refractivity contribution in [3.63, 3.8) is 0 Å². The van der Waals surface area contributed by atoms with Crippen LogP contribution in [-0.4, -0.2) is 29.4 Å². The van der Waals surface area contributed by atoms with E-state index in [2.05, 4.69) is 29.8 Å². The Kier molecular flexibility index (Phi) is 2.56. The van der Waals surface area contributed by atoms with E-state index in [1.165, 1.54) is 0 Å². The fourth-order valence-electron chi connectivity index (χ4n) is 1.01. The van der Waals surface area contributed by atoms with E-state index in [0.29, 0.717) is 6.42 Å². The van der Waals surface area contributed by atoms with Crippen LogP contribution in [0.4, 0.5) is 0 Å². The Hall–Kier alpha value is -0.220. The topological polar surface area (TPSA) is 32.3 Å². The van der Waals surface area contributed by atoms with Gasteiger partial charge in [0.25, 0.3) is 0 Å². The van der Waals surface area contributed by atoms with Crippen molar-refractivity contribution in [3.05, 3.63) is 0 Å². The molecule has 0 bridgehead atoms. The zero-order valence-corrected chi connectivity index (χ0v) is 6.90. The van der Waals surface area contributed by atoms with Crippen LogP contribution >= 0.6 is 12.6 Å². The highest BCUT2D eigenvalue weighted by Gasteiger charge is 2.20. The van der Waals surface area contributed by atoms with Crippen LogP contribution in [0.2, 0.25) is 0 Å². The first-order valence-electron chi connectivity index (χ1n) is 3.45. The lowest BCUT2D eigenvalue weighted by Gasteiger charge is -2.31. The molecule has 0 spiro atoms. The van der Waals surface area contributed by atoms with Crippen molar-refractivity contribution in [2.24, 2.45) is 0 Å². The molecular weight excluding hydrogens is 148 g/mol. The highest BCUT2D eigenvalue weighted by atomic mass is 32.1. The third-order valence-electron chi connectivity index (χ3n) is 1.67. The molecule has 1 saturated heterocycles. The highest BCUT2D eigenvalue weighted by molar-refractivity contribution is 7.80. The summed E-state index contributed by atoms with van der Waals surface area (Å²) in [4.78, 5) is 12.8. The van der Waals surface area contributed by atoms with Gasteiger partial charge in [-0.2, -0.15) is 0 Å². The molecule has 0 saturated carbocycles. The molecule has 1 aliphatic rings. The average Bonchev–Trinajstić information content (AvgIpc) is 1.88. The Balaban J connectivity index is 2.43. The summed E-state index contributed by atoms with van der Waals surface area (Å²) in [5, 5.41) is 2.73. The maximum atomic E-state index is 10.7. The van der Waals surface area contributed by atoms with Gasteiger partial charge in [-0.3, -0.25) is 9.69 Å². The molecule has 1 aliphatic heterocycles. The molecule has 0 aliphatic carbocycles. The first-order chi connectivity index (χ1) is 4.74. The monoisotopic (exact) mass is 160 g/mol. The number of nitrogens with one attached hydrogen (secondary N) is 1. The summed E-state index contributed by atoms with van der Waals surface area (Å²) in [5.41, 5.74) is -0.0775. The molecule has 10 heavy (non-hydrogen) atoms. The van der Waals surface area contributed by atoms with Gasteiger partial charge in [0.1, 0.15) is 5.50 Å². The van der Waals surface area contributed by atoms with Gasteiger partial charge in [0.15, 0.2) is 0 Å². The van der Waals surface area contributed by atoms with Crippen molar-refractivity contribution in [1.82, 2.24) is 10.2 Å². The van der Waals surface area contributed by atoms with Crippen LogP contribution in [0.3, 0.4) is 0 Å². The number of amides is 1. The minimum Gasteiger partial charge on any atom is -0.332 e. The second kappa shape index (κ2) is 3.25. The van der Waals surface area contributed by atoms with Gasteiger partial charge in [0.2, 0.25) is 5.91 Å². The SMILES string of the molecule is CCN1CCC(=O)NC1S. The molecule has 58 valence electrons. The van der Waals surface area contributed by atoms with Gasteiger partial charge in [-0.25, -0.2) is 0 Å². The number of rotatable bonds is 1. The van der Waals surface area contributed by atoms with Crippen molar-refractivity contribution < 1.29 is 4.79 Å². The van der Waals surface area contributed by atoms with Gasteiger partial charge in [0.05, 0.1) is 0 Å². The van der Waals surface area contributed by atoms with Crippen molar-refractivity contribution in [2.75, 3.05) is 13.1 Å². The summed E-state index contributed by atoms with van der Waals surface area (Å²) in [6.45, 7) is 3.83. The van der Waals surface area contributed by atoms with Crippen LogP contribution in [0.1, 0.15) is 13.3 Å². The molecular formula is C6H12N2OS. The predicted octanol–water partition coefficient (Wildman–Crippen LogP) is 0.0416. The van der Waals surface area contributed by atoms with Gasteiger partial charge in [-0.05, 0) is 6.54 Å². The van der Waals surface area contributed by atoms with Crippen LogP contribution in [0.15, 0.2) is 0 Å². The Labute approximate surface area is 66.2 Å². The molecule has 0 aromatic heterocycles. The third kappa shape index (κ3) is 1.64. The molecule has 4 heteroatoms. The fourth-order valence-corrected chi connectivity index (χ4v) is 1.43. The second-order valence-corrected chi connectivity index (χ2v) is 2.81. The molecule has 1 atom stereocenters. The largest absolute Gasteiger partial charge is 0.332 e. The lowest BCUT2D eigenvalue weighted by Crippen LogP contribution is -2.50. The molecule has 0 aromatic rings. The molecule has 1 unspecified atom stereocenters. The quantitative estimate of drug-likeness (QED) is 0.531. The number of carbonyl (C=O) groups excluding carboxylic acids is 1. The summed E-state index contributed by atoms with van der Waals surface area (Å²) >= 11 is 4.19. The maximum Gasteiger partial charge on any atom is 0.223 e. The Bertz CT molecular complexity index is 140. The summed E-state index contributed by atoms with van der Waals surface area (Å²) in [7, 11) is 0. The summed E-state index contributed by atoms with van der Waals surface area (Å²) in [5.74, 6) is 0.102. The van der Waals surface area contributed by atoms with E-state index in [-0.39, 0.29) is 11.4 Å². The summed E-state index contributed by atoms with van der Waals surface area (Å²) in [6.07, 6.45) is 0.602. The third-order valence-corrected chi connectivity index (χ3v) is 2.12. The lowest BCUT2D eigenvalue weighted by molar-refractivity contribution is -0.124. The molecule has 1 N–H and O–H groups in total. The molecule has 3 nitrogen and oxygen atoms in total. The average molecular weight is 160 g/mol. The van der Waals surface area contributed by atoms with Gasteiger partial charge in [0, 0.05) is 13.0 Å². The zero-order valence-electron chi connectivity index (χ0n) is 6.00. The lowest BCUT2D eigenvalue weighted by atomic mass is 10.3. The van der Waals surface area contributed by atoms with Gasteiger partial charge < -0.3 is 5.32 Å². The van der Waals surface area contributed by atoms with E-state index in [1.807, 2.05) is 0 Å². The first-order valence-corrected chi connectivity index (χ1v) is 3.97. The Morgan fingerprint density at radius 1 is 1.90 bits per heavy atom. The number of hydrogen-bond acceptors (Lipinski definition) is 3. The van der Waals surface area contributed by atoms with E-state index in [0.717, 1.165) is 13.1 Å². The normalized spacial score (nSPS) is 28.2. The number of thiol groups is 1. The molecule has 1 fully saturated rings. The Morgan fingerprint density at radius 2 is 2.60 bits per heavy atom. The fraction of sp³-hybridized carbons (Fsp3) is 0.833. The first kappa shape index (κ1) is 7.88. The van der Waals surface area contributed by atoms with Crippen LogP contribution in [0.5, 0.6) is 0 Å². The predicted molar refractivity (Wildman–Crippen MR) is 42.8 cm³/mol. The van der Waals surface area contributed by atoms with Gasteiger partial charge in [-0.1, -0.05) is 6.92 Å². The number of hydrogen-bond donors (Lipinski definition) is 2. The minimum atomic E-state index is -0.0775. The minimum absolute atomic E-state index is 0.0775. The van der Waals surface area contributed by atoms with Crippen LogP contribution in [0, 0.1) is 0 Å². The molecule has 1 rings (SSSR count). The summed E-state index contributed by atoms with van der Waals surface area (Å²) < 4.78 is 0. The van der Waals surface area contributed by atoms with Crippen molar-refractivity contribution >= 4 is 18.5 Å². The Morgan fingerprint density at radius 3 is 3.10 bits per heavy atom. The van der Waals surface area contributed by atoms with E-state index in [9.17, 15) is 4.79 Å². The van der Waals surface area contributed by atoms with Crippen molar-refractivity contribution in [3.8, 4) is 0 Å². The van der Waals surface area contributed by atoms with E-state index in [1.54, 1.807) is 0 Å². The number of carbonyl (C=O) groups is 1. The zero-order chi connectivity index (χ0) is 7.56.